The van der Waals surface area contributed by atoms with Crippen LogP contribution >= 0.6 is 0 Å². The Morgan fingerprint density at radius 3 is 2.66 bits per heavy atom. The van der Waals surface area contributed by atoms with E-state index in [4.69, 9.17) is 4.74 Å². The standard InChI is InChI=1S/C26H23F2N3O4/c27-16-6-8-17(9-7-16)31-14-20(26(33)34)25(32)19-12-21(28)23(13-22(19)31)30-11-3-4-18(30)15-35-24-5-1-2-10-29-24/h1-2,5-10,12-14,18-19,22H,3-4,11,15H2,(H,33,34)/t18-,19?,22?/m1/s1. The maximum Gasteiger partial charge on any atom is 0.340 e. The van der Waals surface area contributed by atoms with Gasteiger partial charge < -0.3 is 19.6 Å². The average Bonchev–Trinajstić information content (AvgIpc) is 3.32. The molecule has 2 aromatic rings. The van der Waals surface area contributed by atoms with E-state index >= 15 is 4.39 Å². The number of hydrogen-bond acceptors (Lipinski definition) is 6. The Hall–Kier alpha value is -4.01. The second-order valence-corrected chi connectivity index (χ2v) is 8.65. The molecule has 1 N–H and O–H groups in total. The SMILES string of the molecule is O=C(O)C1=CN(c2ccc(F)cc2)C2C=C(N3CCC[C@@H]3COc3ccccn3)C(F)=CC2C1=O. The molecule has 9 heteroatoms. The van der Waals surface area contributed by atoms with Crippen LogP contribution in [-0.2, 0) is 9.59 Å². The lowest BCUT2D eigenvalue weighted by molar-refractivity contribution is -0.135. The number of anilines is 1. The van der Waals surface area contributed by atoms with Gasteiger partial charge in [0.05, 0.1) is 23.7 Å². The number of allylic oxidation sites excluding steroid dienone is 1. The van der Waals surface area contributed by atoms with Crippen LogP contribution in [0.4, 0.5) is 14.5 Å². The predicted octanol–water partition coefficient (Wildman–Crippen LogP) is 3.86. The summed E-state index contributed by atoms with van der Waals surface area (Å²) in [7, 11) is 0. The summed E-state index contributed by atoms with van der Waals surface area (Å²) in [5, 5.41) is 9.55. The molecule has 3 atom stereocenters. The zero-order chi connectivity index (χ0) is 24.5. The topological polar surface area (TPSA) is 83.0 Å². The van der Waals surface area contributed by atoms with Crippen molar-refractivity contribution in [2.24, 2.45) is 5.92 Å². The maximum absolute atomic E-state index is 15.4. The van der Waals surface area contributed by atoms with Crippen molar-refractivity contribution < 1.29 is 28.2 Å². The maximum atomic E-state index is 15.4. The van der Waals surface area contributed by atoms with Gasteiger partial charge in [0.2, 0.25) is 5.88 Å². The summed E-state index contributed by atoms with van der Waals surface area (Å²) in [5.74, 6) is -3.61. The first-order chi connectivity index (χ1) is 16.9. The second-order valence-electron chi connectivity index (χ2n) is 8.65. The van der Waals surface area contributed by atoms with Gasteiger partial charge in [-0.25, -0.2) is 18.6 Å². The first kappa shape index (κ1) is 22.8. The number of likely N-dealkylation sites (tertiary alicyclic amines) is 1. The molecule has 0 amide bonds. The van der Waals surface area contributed by atoms with Crippen molar-refractivity contribution in [2.45, 2.75) is 24.9 Å². The third kappa shape index (κ3) is 4.41. The predicted molar refractivity (Wildman–Crippen MR) is 124 cm³/mol. The number of ether oxygens (including phenoxy) is 1. The molecule has 3 heterocycles. The highest BCUT2D eigenvalue weighted by Crippen LogP contribution is 2.39. The number of fused-ring (bicyclic) bond motifs is 1. The van der Waals surface area contributed by atoms with E-state index in [1.54, 1.807) is 29.3 Å². The number of carbonyl (C=O) groups is 2. The van der Waals surface area contributed by atoms with Crippen molar-refractivity contribution in [2.75, 3.05) is 18.1 Å². The fraction of sp³-hybridized carbons (Fsp3) is 0.269. The normalized spacial score (nSPS) is 23.9. The third-order valence-electron chi connectivity index (χ3n) is 6.53. The molecule has 5 rings (SSSR count). The fourth-order valence-electron chi connectivity index (χ4n) is 4.83. The number of rotatable bonds is 6. The average molecular weight is 479 g/mol. The lowest BCUT2D eigenvalue weighted by atomic mass is 9.82. The van der Waals surface area contributed by atoms with Crippen molar-refractivity contribution in [3.63, 3.8) is 0 Å². The van der Waals surface area contributed by atoms with Crippen LogP contribution in [0.3, 0.4) is 0 Å². The number of carboxylic acid groups (broad SMARTS) is 1. The van der Waals surface area contributed by atoms with Crippen LogP contribution in [-0.4, -0.2) is 52.0 Å². The van der Waals surface area contributed by atoms with E-state index in [1.165, 1.54) is 36.5 Å². The highest BCUT2D eigenvalue weighted by atomic mass is 19.1. The Kier molecular flexibility index (Phi) is 6.07. The van der Waals surface area contributed by atoms with Gasteiger partial charge >= 0.3 is 5.97 Å². The number of carboxylic acids is 1. The van der Waals surface area contributed by atoms with Gasteiger partial charge in [-0.2, -0.15) is 0 Å². The zero-order valence-corrected chi connectivity index (χ0v) is 18.7. The minimum atomic E-state index is -1.39. The summed E-state index contributed by atoms with van der Waals surface area (Å²) in [4.78, 5) is 32.3. The Morgan fingerprint density at radius 1 is 1.14 bits per heavy atom. The van der Waals surface area contributed by atoms with Gasteiger partial charge in [0.1, 0.15) is 23.8 Å². The van der Waals surface area contributed by atoms with E-state index in [0.29, 0.717) is 30.4 Å². The Labute approximate surface area is 200 Å². The van der Waals surface area contributed by atoms with E-state index in [2.05, 4.69) is 4.98 Å². The molecule has 0 saturated carbocycles. The van der Waals surface area contributed by atoms with Gasteiger partial charge in [0.15, 0.2) is 5.78 Å². The molecule has 35 heavy (non-hydrogen) atoms. The summed E-state index contributed by atoms with van der Waals surface area (Å²) in [6.07, 6.45) is 7.39. The lowest BCUT2D eigenvalue weighted by Crippen LogP contribution is -2.48. The van der Waals surface area contributed by atoms with Gasteiger partial charge in [0, 0.05) is 30.7 Å². The number of benzene rings is 1. The molecule has 180 valence electrons. The van der Waals surface area contributed by atoms with Crippen LogP contribution < -0.4 is 9.64 Å². The molecule has 1 saturated heterocycles. The number of nitrogens with zero attached hydrogens (tertiary/aromatic N) is 3. The molecule has 1 aromatic heterocycles. The van der Waals surface area contributed by atoms with Crippen molar-refractivity contribution in [1.82, 2.24) is 9.88 Å². The minimum Gasteiger partial charge on any atom is -0.478 e. The highest BCUT2D eigenvalue weighted by molar-refractivity contribution is 6.19. The van der Waals surface area contributed by atoms with Crippen LogP contribution in [0.15, 0.2) is 84.1 Å². The first-order valence-corrected chi connectivity index (χ1v) is 11.4. The number of aromatic nitrogens is 1. The van der Waals surface area contributed by atoms with Crippen LogP contribution in [0.2, 0.25) is 0 Å². The Balaban J connectivity index is 1.47. The highest BCUT2D eigenvalue weighted by Gasteiger charge is 2.43. The number of carbonyl (C=O) groups excluding carboxylic acids is 1. The van der Waals surface area contributed by atoms with E-state index in [1.807, 2.05) is 11.0 Å². The molecule has 1 aromatic carbocycles. The molecule has 7 nitrogen and oxygen atoms in total. The molecule has 1 aliphatic carbocycles. The molecule has 3 aliphatic rings. The third-order valence-corrected chi connectivity index (χ3v) is 6.53. The van der Waals surface area contributed by atoms with Crippen LogP contribution in [0.5, 0.6) is 5.88 Å². The molecule has 0 bridgehead atoms. The van der Waals surface area contributed by atoms with Crippen LogP contribution in [0, 0.1) is 11.7 Å². The number of aliphatic carboxylic acids is 1. The summed E-state index contributed by atoms with van der Waals surface area (Å²) < 4.78 is 34.8. The quantitative estimate of drug-likeness (QED) is 0.630. The second kappa shape index (κ2) is 9.32. The molecule has 2 aliphatic heterocycles. The summed E-state index contributed by atoms with van der Waals surface area (Å²) in [6.45, 7) is 0.931. The number of Topliss-reactive ketones (excluding diaryl/α,β-unsaturated/α-hetero) is 1. The molecule has 0 radical (unpaired) electrons. The van der Waals surface area contributed by atoms with Gasteiger partial charge in [-0.15, -0.1) is 0 Å². The van der Waals surface area contributed by atoms with Gasteiger partial charge in [-0.1, -0.05) is 6.07 Å². The fourth-order valence-corrected chi connectivity index (χ4v) is 4.83. The first-order valence-electron chi connectivity index (χ1n) is 11.4. The van der Waals surface area contributed by atoms with E-state index in [9.17, 15) is 19.1 Å². The monoisotopic (exact) mass is 479 g/mol. The van der Waals surface area contributed by atoms with Crippen molar-refractivity contribution in [3.8, 4) is 5.88 Å². The smallest absolute Gasteiger partial charge is 0.340 e. The number of pyridine rings is 1. The van der Waals surface area contributed by atoms with E-state index < -0.39 is 40.9 Å². The van der Waals surface area contributed by atoms with Gasteiger partial charge in [-0.3, -0.25) is 4.79 Å². The van der Waals surface area contributed by atoms with Crippen molar-refractivity contribution in [1.29, 1.82) is 0 Å². The zero-order valence-electron chi connectivity index (χ0n) is 18.7. The summed E-state index contributed by atoms with van der Waals surface area (Å²) >= 11 is 0. The lowest BCUT2D eigenvalue weighted by Gasteiger charge is -2.40. The Morgan fingerprint density at radius 2 is 1.94 bits per heavy atom. The van der Waals surface area contributed by atoms with Gasteiger partial charge in [0.25, 0.3) is 0 Å². The molecule has 1 fully saturated rings. The minimum absolute atomic E-state index is 0.0948. The summed E-state index contributed by atoms with van der Waals surface area (Å²) in [6, 6.07) is 10.1. The van der Waals surface area contributed by atoms with E-state index in [-0.39, 0.29) is 6.04 Å². The summed E-state index contributed by atoms with van der Waals surface area (Å²) in [5.41, 5.74) is 0.389. The molecular weight excluding hydrogens is 456 g/mol. The van der Waals surface area contributed by atoms with Crippen LogP contribution in [0.25, 0.3) is 0 Å². The van der Waals surface area contributed by atoms with Crippen molar-refractivity contribution in [3.05, 3.63) is 89.9 Å². The molecule has 2 unspecified atom stereocenters. The number of hydrogen-bond donors (Lipinski definition) is 1. The number of halogens is 2. The van der Waals surface area contributed by atoms with E-state index in [0.717, 1.165) is 12.8 Å². The molecule has 0 spiro atoms. The van der Waals surface area contributed by atoms with Crippen LogP contribution in [0.1, 0.15) is 12.8 Å². The van der Waals surface area contributed by atoms with Crippen molar-refractivity contribution >= 4 is 17.4 Å². The largest absolute Gasteiger partial charge is 0.478 e. The Bertz CT molecular complexity index is 1230. The van der Waals surface area contributed by atoms with Gasteiger partial charge in [-0.05, 0) is 55.3 Å². The number of ketones is 1. The molecular formula is C26H23F2N3O4.